The summed E-state index contributed by atoms with van der Waals surface area (Å²) >= 11 is 0. The lowest BCUT2D eigenvalue weighted by molar-refractivity contribution is 0.101. The zero-order valence-electron chi connectivity index (χ0n) is 8.49. The minimum atomic E-state index is -0.101. The van der Waals surface area contributed by atoms with Crippen molar-refractivity contribution in [1.82, 2.24) is 0 Å². The summed E-state index contributed by atoms with van der Waals surface area (Å²) in [6.07, 6.45) is 1.62. The van der Waals surface area contributed by atoms with Crippen molar-refractivity contribution in [3.63, 3.8) is 0 Å². The molecule has 74 valence electrons. The largest absolute Gasteiger partial charge is 0.373 e. The van der Waals surface area contributed by atoms with Crippen LogP contribution >= 0.6 is 0 Å². The first-order chi connectivity index (χ1) is 6.69. The second-order valence-electron chi connectivity index (χ2n) is 3.07. The Bertz CT molecular complexity index is 325. The number of methoxy groups -OCH3 is 1. The Kier molecular flexibility index (Phi) is 3.60. The minimum Gasteiger partial charge on any atom is -0.373 e. The zero-order chi connectivity index (χ0) is 10.6. The van der Waals surface area contributed by atoms with Gasteiger partial charge in [0.1, 0.15) is 0 Å². The fraction of sp³-hybridized carbons (Fsp3) is 0.250. The van der Waals surface area contributed by atoms with Gasteiger partial charge in [-0.1, -0.05) is 30.3 Å². The third-order valence-electron chi connectivity index (χ3n) is 2.11. The minimum absolute atomic E-state index is 0.0733. The van der Waals surface area contributed by atoms with Crippen molar-refractivity contribution in [2.45, 2.75) is 13.0 Å². The lowest BCUT2D eigenvalue weighted by Crippen LogP contribution is -1.98. The van der Waals surface area contributed by atoms with Gasteiger partial charge < -0.3 is 4.74 Å². The SMILES string of the molecule is C=CC(OC)c1ccc(C(C)=O)cc1. The number of hydrogen-bond donors (Lipinski definition) is 0. The van der Waals surface area contributed by atoms with Gasteiger partial charge in [-0.2, -0.15) is 0 Å². The van der Waals surface area contributed by atoms with Crippen LogP contribution in [-0.2, 0) is 4.74 Å². The molecule has 0 saturated carbocycles. The van der Waals surface area contributed by atoms with Crippen molar-refractivity contribution >= 4 is 5.78 Å². The van der Waals surface area contributed by atoms with E-state index in [0.717, 1.165) is 5.56 Å². The number of hydrogen-bond acceptors (Lipinski definition) is 2. The fourth-order valence-corrected chi connectivity index (χ4v) is 1.28. The molecule has 1 unspecified atom stereocenters. The Morgan fingerprint density at radius 1 is 1.43 bits per heavy atom. The second-order valence-corrected chi connectivity index (χ2v) is 3.07. The molecule has 0 bridgehead atoms. The highest BCUT2D eigenvalue weighted by Gasteiger charge is 2.05. The first-order valence-electron chi connectivity index (χ1n) is 4.45. The van der Waals surface area contributed by atoms with Crippen LogP contribution in [0.2, 0.25) is 0 Å². The van der Waals surface area contributed by atoms with E-state index in [0.29, 0.717) is 5.56 Å². The summed E-state index contributed by atoms with van der Waals surface area (Å²) in [7, 11) is 1.63. The molecule has 1 atom stereocenters. The van der Waals surface area contributed by atoms with Crippen LogP contribution in [0.1, 0.15) is 28.9 Å². The van der Waals surface area contributed by atoms with Crippen LogP contribution < -0.4 is 0 Å². The van der Waals surface area contributed by atoms with Crippen molar-refractivity contribution in [3.8, 4) is 0 Å². The molecule has 2 nitrogen and oxygen atoms in total. The molecule has 0 amide bonds. The van der Waals surface area contributed by atoms with Crippen molar-refractivity contribution in [2.24, 2.45) is 0 Å². The van der Waals surface area contributed by atoms with Crippen molar-refractivity contribution < 1.29 is 9.53 Å². The van der Waals surface area contributed by atoms with Crippen LogP contribution in [0.15, 0.2) is 36.9 Å². The van der Waals surface area contributed by atoms with E-state index in [1.807, 2.05) is 12.1 Å². The van der Waals surface area contributed by atoms with E-state index in [1.165, 1.54) is 0 Å². The Balaban J connectivity index is 2.92. The first kappa shape index (κ1) is 10.7. The van der Waals surface area contributed by atoms with E-state index in [4.69, 9.17) is 4.74 Å². The van der Waals surface area contributed by atoms with Gasteiger partial charge in [-0.25, -0.2) is 0 Å². The predicted octanol–water partition coefficient (Wildman–Crippen LogP) is 2.76. The molecule has 1 rings (SSSR count). The maximum atomic E-state index is 11.0. The van der Waals surface area contributed by atoms with E-state index >= 15 is 0 Å². The quantitative estimate of drug-likeness (QED) is 0.539. The van der Waals surface area contributed by atoms with E-state index in [1.54, 1.807) is 32.2 Å². The molecule has 1 aromatic rings. The average molecular weight is 190 g/mol. The van der Waals surface area contributed by atoms with Gasteiger partial charge in [-0.3, -0.25) is 4.79 Å². The van der Waals surface area contributed by atoms with Gasteiger partial charge in [0.2, 0.25) is 0 Å². The molecule has 2 heteroatoms. The molecule has 1 aromatic carbocycles. The Labute approximate surface area is 84.2 Å². The smallest absolute Gasteiger partial charge is 0.159 e. The molecular formula is C12H14O2. The summed E-state index contributed by atoms with van der Waals surface area (Å²) in [4.78, 5) is 11.0. The topological polar surface area (TPSA) is 26.3 Å². The average Bonchev–Trinajstić information content (AvgIpc) is 2.20. The van der Waals surface area contributed by atoms with E-state index in [2.05, 4.69) is 6.58 Å². The lowest BCUT2D eigenvalue weighted by atomic mass is 10.1. The third kappa shape index (κ3) is 2.30. The van der Waals surface area contributed by atoms with Crippen molar-refractivity contribution in [3.05, 3.63) is 48.0 Å². The normalized spacial score (nSPS) is 12.1. The van der Waals surface area contributed by atoms with E-state index in [-0.39, 0.29) is 11.9 Å². The molecule has 14 heavy (non-hydrogen) atoms. The molecule has 0 aliphatic rings. The molecule has 0 aromatic heterocycles. The standard InChI is InChI=1S/C12H14O2/c1-4-12(14-3)11-7-5-10(6-8-11)9(2)13/h4-8,12H,1H2,2-3H3. The van der Waals surface area contributed by atoms with Crippen LogP contribution in [0.4, 0.5) is 0 Å². The molecule has 0 fully saturated rings. The van der Waals surface area contributed by atoms with Gasteiger partial charge in [0.05, 0.1) is 6.10 Å². The highest BCUT2D eigenvalue weighted by Crippen LogP contribution is 2.17. The van der Waals surface area contributed by atoms with Crippen LogP contribution in [0, 0.1) is 0 Å². The lowest BCUT2D eigenvalue weighted by Gasteiger charge is -2.10. The van der Waals surface area contributed by atoms with Gasteiger partial charge in [0.25, 0.3) is 0 Å². The maximum absolute atomic E-state index is 11.0. The van der Waals surface area contributed by atoms with Crippen molar-refractivity contribution in [2.75, 3.05) is 7.11 Å². The van der Waals surface area contributed by atoms with Crippen LogP contribution in [0.5, 0.6) is 0 Å². The Hall–Kier alpha value is -1.41. The number of ether oxygens (including phenoxy) is 1. The van der Waals surface area contributed by atoms with Gasteiger partial charge in [0.15, 0.2) is 5.78 Å². The second kappa shape index (κ2) is 4.72. The van der Waals surface area contributed by atoms with Crippen LogP contribution in [-0.4, -0.2) is 12.9 Å². The Morgan fingerprint density at radius 2 is 2.00 bits per heavy atom. The monoisotopic (exact) mass is 190 g/mol. The van der Waals surface area contributed by atoms with Gasteiger partial charge in [-0.15, -0.1) is 6.58 Å². The third-order valence-corrected chi connectivity index (χ3v) is 2.11. The number of benzene rings is 1. The van der Waals surface area contributed by atoms with E-state index in [9.17, 15) is 4.79 Å². The number of Topliss-reactive ketones (excluding diaryl/α,β-unsaturated/α-hetero) is 1. The molecule has 0 heterocycles. The summed E-state index contributed by atoms with van der Waals surface area (Å²) in [5.41, 5.74) is 1.72. The molecular weight excluding hydrogens is 176 g/mol. The zero-order valence-corrected chi connectivity index (χ0v) is 8.49. The molecule has 0 saturated heterocycles. The van der Waals surface area contributed by atoms with Crippen molar-refractivity contribution in [1.29, 1.82) is 0 Å². The molecule has 0 radical (unpaired) electrons. The van der Waals surface area contributed by atoms with Crippen LogP contribution in [0.3, 0.4) is 0 Å². The maximum Gasteiger partial charge on any atom is 0.159 e. The number of carbonyl (C=O) groups is 1. The molecule has 0 spiro atoms. The van der Waals surface area contributed by atoms with Crippen LogP contribution in [0.25, 0.3) is 0 Å². The molecule has 0 aliphatic heterocycles. The summed E-state index contributed by atoms with van der Waals surface area (Å²) < 4.78 is 5.18. The Morgan fingerprint density at radius 3 is 2.36 bits per heavy atom. The first-order valence-corrected chi connectivity index (χ1v) is 4.45. The van der Waals surface area contributed by atoms with Gasteiger partial charge >= 0.3 is 0 Å². The van der Waals surface area contributed by atoms with Gasteiger partial charge in [0, 0.05) is 12.7 Å². The summed E-state index contributed by atoms with van der Waals surface area (Å²) in [6.45, 7) is 5.23. The summed E-state index contributed by atoms with van der Waals surface area (Å²) in [5, 5.41) is 0. The number of ketones is 1. The predicted molar refractivity (Wildman–Crippen MR) is 56.4 cm³/mol. The molecule has 0 aliphatic carbocycles. The fourth-order valence-electron chi connectivity index (χ4n) is 1.28. The number of carbonyl (C=O) groups excluding carboxylic acids is 1. The highest BCUT2D eigenvalue weighted by atomic mass is 16.5. The summed E-state index contributed by atoms with van der Waals surface area (Å²) in [6, 6.07) is 7.36. The number of rotatable bonds is 4. The highest BCUT2D eigenvalue weighted by molar-refractivity contribution is 5.94. The molecule has 0 N–H and O–H groups in total. The van der Waals surface area contributed by atoms with Gasteiger partial charge in [-0.05, 0) is 12.5 Å². The summed E-state index contributed by atoms with van der Waals surface area (Å²) in [5.74, 6) is 0.0733. The van der Waals surface area contributed by atoms with E-state index < -0.39 is 0 Å².